The van der Waals surface area contributed by atoms with Gasteiger partial charge in [0.1, 0.15) is 11.2 Å². The quantitative estimate of drug-likeness (QED) is 0.160. The number of para-hydroxylation sites is 3. The van der Waals surface area contributed by atoms with E-state index in [1.165, 1.54) is 82.8 Å². The number of thiophene rings is 1. The summed E-state index contributed by atoms with van der Waals surface area (Å²) in [5.74, 6) is 0. The van der Waals surface area contributed by atoms with Gasteiger partial charge >= 0.3 is 6.85 Å². The molecule has 2 aliphatic heterocycles. The number of benzene rings is 8. The highest BCUT2D eigenvalue weighted by Crippen LogP contribution is 2.56. The van der Waals surface area contributed by atoms with E-state index in [9.17, 15) is 0 Å². The number of fused-ring (bicyclic) bond motifs is 11. The van der Waals surface area contributed by atoms with Crippen LogP contribution in [0.2, 0.25) is 0 Å². The van der Waals surface area contributed by atoms with Crippen molar-refractivity contribution in [2.45, 2.75) is 118 Å². The van der Waals surface area contributed by atoms with E-state index in [4.69, 9.17) is 4.42 Å². The summed E-state index contributed by atoms with van der Waals surface area (Å²) in [4.78, 5) is 7.83. The van der Waals surface area contributed by atoms with Crippen molar-refractivity contribution < 1.29 is 4.42 Å². The smallest absolute Gasteiger partial charge is 0.343 e. The van der Waals surface area contributed by atoms with Crippen LogP contribution in [-0.2, 0) is 21.7 Å². The average Bonchev–Trinajstić information content (AvgIpc) is 3.94. The fourth-order valence-corrected chi connectivity index (χ4v) is 14.0. The Balaban J connectivity index is 1.19. The third kappa shape index (κ3) is 7.07. The summed E-state index contributed by atoms with van der Waals surface area (Å²) in [5.41, 5.74) is 22.9. The average molecular weight is 984 g/mol. The lowest BCUT2D eigenvalue weighted by atomic mass is 9.46. The van der Waals surface area contributed by atoms with Gasteiger partial charge in [-0.15, -0.1) is 11.3 Å². The summed E-state index contributed by atoms with van der Waals surface area (Å²) in [6, 6.07) is 60.2. The van der Waals surface area contributed by atoms with Crippen LogP contribution < -0.4 is 24.9 Å². The van der Waals surface area contributed by atoms with E-state index in [-0.39, 0.29) is 28.5 Å². The Morgan fingerprint density at radius 1 is 0.568 bits per heavy atom. The predicted octanol–water partition coefficient (Wildman–Crippen LogP) is 18.5. The number of nitrogens with zero attached hydrogens (tertiary/aromatic N) is 3. The molecule has 3 aliphatic rings. The van der Waals surface area contributed by atoms with Gasteiger partial charge in [-0.3, -0.25) is 0 Å². The molecule has 0 bridgehead atoms. The summed E-state index contributed by atoms with van der Waals surface area (Å²) in [7, 11) is 0. The van der Waals surface area contributed by atoms with Crippen LogP contribution in [-0.4, -0.2) is 6.85 Å². The van der Waals surface area contributed by atoms with E-state index in [1.54, 1.807) is 0 Å². The molecule has 0 saturated heterocycles. The van der Waals surface area contributed by atoms with Crippen LogP contribution in [0.5, 0.6) is 0 Å². The van der Waals surface area contributed by atoms with Crippen molar-refractivity contribution in [3.63, 3.8) is 0 Å². The van der Waals surface area contributed by atoms with Crippen LogP contribution in [0.25, 0.3) is 43.2 Å². The van der Waals surface area contributed by atoms with Gasteiger partial charge in [-0.25, -0.2) is 0 Å². The summed E-state index contributed by atoms with van der Waals surface area (Å²) in [6.45, 7) is 28.0. The molecule has 0 amide bonds. The van der Waals surface area contributed by atoms with Crippen LogP contribution in [0.4, 0.5) is 45.5 Å². The molecule has 368 valence electrons. The third-order valence-electron chi connectivity index (χ3n) is 17.1. The second kappa shape index (κ2) is 16.2. The monoisotopic (exact) mass is 984 g/mol. The minimum Gasteiger partial charge on any atom is -0.455 e. The molecule has 0 spiro atoms. The standard InChI is InChI=1S/C68H66BN3OS/c1-41-19-13-16-22-54(41)70(55-23-17-14-20-42(55)2)47-30-32-49-56(39-47)72(45-28-25-43(26-29-45)65(3,4)5)69-61-57(40-50-48-21-15-18-24-58(48)73-63(50)60(49)61)71(46-31-33-52-53(38-46)68(11,12)36-35-67(52,9)10)62-51-37-44(66(6,7)8)27-34-59(51)74-64(62)69/h13-34,37-40H,35-36H2,1-12H3. The molecule has 13 rings (SSSR count). The van der Waals surface area contributed by atoms with Crippen molar-refractivity contribution in [2.75, 3.05) is 14.6 Å². The first-order chi connectivity index (χ1) is 35.3. The zero-order valence-electron chi connectivity index (χ0n) is 45.2. The number of furan rings is 1. The highest BCUT2D eigenvalue weighted by atomic mass is 32.1. The van der Waals surface area contributed by atoms with Gasteiger partial charge in [-0.1, -0.05) is 154 Å². The van der Waals surface area contributed by atoms with Gasteiger partial charge in [-0.05, 0) is 160 Å². The highest BCUT2D eigenvalue weighted by Gasteiger charge is 2.49. The molecular weight excluding hydrogens is 918 g/mol. The third-order valence-corrected chi connectivity index (χ3v) is 18.3. The Morgan fingerprint density at radius 2 is 1.19 bits per heavy atom. The maximum absolute atomic E-state index is 7.24. The minimum absolute atomic E-state index is 0.00678. The van der Waals surface area contributed by atoms with Crippen molar-refractivity contribution in [3.8, 4) is 11.1 Å². The van der Waals surface area contributed by atoms with Crippen LogP contribution in [0.15, 0.2) is 162 Å². The Bertz CT molecular complexity index is 3890. The van der Waals surface area contributed by atoms with Crippen molar-refractivity contribution in [2.24, 2.45) is 0 Å². The molecule has 2 aromatic heterocycles. The lowest BCUT2D eigenvalue weighted by molar-refractivity contribution is 0.332. The number of anilines is 8. The summed E-state index contributed by atoms with van der Waals surface area (Å²) in [6.07, 6.45) is 2.32. The fraction of sp³-hybridized carbons (Fsp3) is 0.265. The Kier molecular flexibility index (Phi) is 10.3. The molecule has 0 atom stereocenters. The second-order valence-electron chi connectivity index (χ2n) is 24.9. The normalized spacial score (nSPS) is 15.6. The van der Waals surface area contributed by atoms with Gasteiger partial charge in [0.05, 0.1) is 5.69 Å². The molecule has 4 heterocycles. The predicted molar refractivity (Wildman–Crippen MR) is 320 cm³/mol. The molecule has 74 heavy (non-hydrogen) atoms. The Hall–Kier alpha value is -7.02. The molecule has 4 nitrogen and oxygen atoms in total. The van der Waals surface area contributed by atoms with E-state index < -0.39 is 0 Å². The van der Waals surface area contributed by atoms with E-state index in [0.29, 0.717) is 0 Å². The maximum Gasteiger partial charge on any atom is 0.343 e. The van der Waals surface area contributed by atoms with E-state index in [1.807, 2.05) is 11.3 Å². The van der Waals surface area contributed by atoms with Gasteiger partial charge in [0, 0.05) is 76.6 Å². The molecule has 8 aromatic carbocycles. The van der Waals surface area contributed by atoms with Gasteiger partial charge in [0.2, 0.25) is 0 Å². The molecule has 10 aromatic rings. The van der Waals surface area contributed by atoms with E-state index >= 15 is 0 Å². The SMILES string of the molecule is Cc1ccccc1N(c1ccc2c(c1)N(c1ccc(C(C)(C)C)cc1)B1c3sc4ccc(C(C)(C)C)cc4c3N(c3ccc4c(c3)C(C)(C)CCC4(C)C)c3cc4c(oc5ccccc54)c-2c31)c1ccccc1C. The molecule has 6 heteroatoms. The number of hydrogen-bond acceptors (Lipinski definition) is 5. The first-order valence-corrected chi connectivity index (χ1v) is 27.6. The van der Waals surface area contributed by atoms with Crippen molar-refractivity contribution >= 4 is 106 Å². The van der Waals surface area contributed by atoms with Crippen LogP contribution in [0.3, 0.4) is 0 Å². The molecule has 0 unspecified atom stereocenters. The minimum atomic E-state index is -0.194. The number of hydrogen-bond donors (Lipinski definition) is 0. The maximum atomic E-state index is 7.24. The Labute approximate surface area is 442 Å². The van der Waals surface area contributed by atoms with Crippen LogP contribution >= 0.6 is 11.3 Å². The molecule has 0 N–H and O–H groups in total. The molecule has 0 fully saturated rings. The van der Waals surface area contributed by atoms with Crippen molar-refractivity contribution in [1.82, 2.24) is 0 Å². The number of aryl methyl sites for hydroxylation is 2. The van der Waals surface area contributed by atoms with Crippen molar-refractivity contribution in [3.05, 3.63) is 191 Å². The topological polar surface area (TPSA) is 22.9 Å². The zero-order chi connectivity index (χ0) is 51.4. The van der Waals surface area contributed by atoms with Gasteiger partial charge in [-0.2, -0.15) is 0 Å². The first kappa shape index (κ1) is 46.7. The fourth-order valence-electron chi connectivity index (χ4n) is 12.7. The zero-order valence-corrected chi connectivity index (χ0v) is 46.0. The van der Waals surface area contributed by atoms with Gasteiger partial charge in [0.25, 0.3) is 0 Å². The van der Waals surface area contributed by atoms with Crippen molar-refractivity contribution in [1.29, 1.82) is 0 Å². The lowest BCUT2D eigenvalue weighted by Gasteiger charge is -2.46. The first-order valence-electron chi connectivity index (χ1n) is 26.7. The highest BCUT2D eigenvalue weighted by molar-refractivity contribution is 7.32. The van der Waals surface area contributed by atoms with Gasteiger partial charge in [0.15, 0.2) is 0 Å². The van der Waals surface area contributed by atoms with Crippen LogP contribution in [0.1, 0.15) is 115 Å². The number of rotatable bonds is 5. The summed E-state index contributed by atoms with van der Waals surface area (Å²) < 4.78 is 9.87. The summed E-state index contributed by atoms with van der Waals surface area (Å²) >= 11 is 1.96. The molecular formula is C68H66BN3OS. The molecule has 0 saturated carbocycles. The molecule has 1 aliphatic carbocycles. The lowest BCUT2D eigenvalue weighted by Crippen LogP contribution is -2.60. The molecule has 0 radical (unpaired) electrons. The van der Waals surface area contributed by atoms with Crippen LogP contribution in [0, 0.1) is 13.8 Å². The van der Waals surface area contributed by atoms with E-state index in [0.717, 1.165) is 62.4 Å². The van der Waals surface area contributed by atoms with Gasteiger partial charge < -0.3 is 19.0 Å². The summed E-state index contributed by atoms with van der Waals surface area (Å²) in [5, 5.41) is 3.56. The van der Waals surface area contributed by atoms with E-state index in [2.05, 4.69) is 255 Å². The largest absolute Gasteiger partial charge is 0.455 e. The second-order valence-corrected chi connectivity index (χ2v) is 26.0. The Morgan fingerprint density at radius 3 is 1.86 bits per heavy atom.